The van der Waals surface area contributed by atoms with E-state index in [4.69, 9.17) is 0 Å². The van der Waals surface area contributed by atoms with Gasteiger partial charge in [-0.1, -0.05) is 45.9 Å². The number of Topliss-reactive ketones (excluding diaryl/α,β-unsaturated/α-hetero) is 2. The summed E-state index contributed by atoms with van der Waals surface area (Å²) in [6.45, 7) is 13.9. The Morgan fingerprint density at radius 1 is 0.909 bits per heavy atom. The van der Waals surface area contributed by atoms with Crippen LogP contribution in [0.3, 0.4) is 0 Å². The first kappa shape index (κ1) is 25.3. The normalized spacial score (nSPS) is 35.7. The minimum absolute atomic E-state index is 0.0161. The molecule has 0 N–H and O–H groups in total. The molecule has 3 aliphatic carbocycles. The van der Waals surface area contributed by atoms with Crippen molar-refractivity contribution < 1.29 is 19.2 Å². The molecule has 4 atom stereocenters. The van der Waals surface area contributed by atoms with Gasteiger partial charge in [0.25, 0.3) is 0 Å². The Kier molecular flexibility index (Phi) is 6.72. The first-order chi connectivity index (χ1) is 15.2. The highest BCUT2D eigenvalue weighted by Gasteiger charge is 2.64. The molecule has 0 bridgehead atoms. The lowest BCUT2D eigenvalue weighted by Crippen LogP contribution is -2.56. The van der Waals surface area contributed by atoms with E-state index in [1.54, 1.807) is 13.0 Å². The molecule has 4 nitrogen and oxygen atoms in total. The zero-order valence-corrected chi connectivity index (χ0v) is 21.2. The number of carbonyl (C=O) groups excluding carboxylic acids is 4. The van der Waals surface area contributed by atoms with E-state index in [-0.39, 0.29) is 39.5 Å². The zero-order chi connectivity index (χ0) is 24.8. The molecule has 0 unspecified atom stereocenters. The minimum Gasteiger partial charge on any atom is -0.299 e. The summed E-state index contributed by atoms with van der Waals surface area (Å²) in [5, 5.41) is 0. The fourth-order valence-corrected chi connectivity index (χ4v) is 7.21. The van der Waals surface area contributed by atoms with Crippen LogP contribution in [0.4, 0.5) is 0 Å². The van der Waals surface area contributed by atoms with Crippen molar-refractivity contribution in [2.75, 3.05) is 0 Å². The van der Waals surface area contributed by atoms with Crippen LogP contribution in [0.1, 0.15) is 80.6 Å². The first-order valence-electron chi connectivity index (χ1n) is 12.1. The molecule has 4 heteroatoms. The van der Waals surface area contributed by atoms with Gasteiger partial charge in [-0.25, -0.2) is 0 Å². The number of hydrogen-bond donors (Lipinski definition) is 0. The zero-order valence-electron chi connectivity index (χ0n) is 21.2. The lowest BCUT2D eigenvalue weighted by atomic mass is 9.43. The third kappa shape index (κ3) is 4.29. The van der Waals surface area contributed by atoms with Crippen molar-refractivity contribution in [1.82, 2.24) is 0 Å². The van der Waals surface area contributed by atoms with Gasteiger partial charge < -0.3 is 0 Å². The maximum absolute atomic E-state index is 13.3. The topological polar surface area (TPSA) is 68.3 Å². The van der Waals surface area contributed by atoms with Gasteiger partial charge in [0.1, 0.15) is 5.78 Å². The lowest BCUT2D eigenvalue weighted by molar-refractivity contribution is -0.154. The highest BCUT2D eigenvalue weighted by atomic mass is 16.1. The van der Waals surface area contributed by atoms with Crippen molar-refractivity contribution in [3.8, 4) is 0 Å². The molecule has 3 saturated carbocycles. The minimum atomic E-state index is -0.329. The molecule has 0 spiro atoms. The molecule has 0 aromatic rings. The van der Waals surface area contributed by atoms with E-state index in [2.05, 4.69) is 27.7 Å². The summed E-state index contributed by atoms with van der Waals surface area (Å²) in [6.07, 6.45) is 11.9. The van der Waals surface area contributed by atoms with Crippen molar-refractivity contribution in [2.24, 2.45) is 28.1 Å². The van der Waals surface area contributed by atoms with Gasteiger partial charge in [0.2, 0.25) is 0 Å². The second kappa shape index (κ2) is 8.77. The molecule has 178 valence electrons. The predicted molar refractivity (Wildman–Crippen MR) is 130 cm³/mol. The van der Waals surface area contributed by atoms with E-state index in [0.29, 0.717) is 30.1 Å². The summed E-state index contributed by atoms with van der Waals surface area (Å²) in [6, 6.07) is 0. The Bertz CT molecular complexity index is 1020. The van der Waals surface area contributed by atoms with Gasteiger partial charge in [-0.2, -0.15) is 0 Å². The molecule has 0 radical (unpaired) electrons. The van der Waals surface area contributed by atoms with Gasteiger partial charge in [-0.15, -0.1) is 0 Å². The largest absolute Gasteiger partial charge is 0.299 e. The van der Waals surface area contributed by atoms with E-state index in [1.807, 2.05) is 19.1 Å². The molecular weight excluding hydrogens is 412 g/mol. The smallest absolute Gasteiger partial charge is 0.181 e. The third-order valence-electron chi connectivity index (χ3n) is 8.98. The van der Waals surface area contributed by atoms with Gasteiger partial charge in [0, 0.05) is 29.2 Å². The van der Waals surface area contributed by atoms with Crippen LogP contribution in [0.15, 0.2) is 47.1 Å². The van der Waals surface area contributed by atoms with E-state index in [9.17, 15) is 19.2 Å². The monoisotopic (exact) mass is 450 g/mol. The van der Waals surface area contributed by atoms with Crippen LogP contribution >= 0.6 is 0 Å². The Morgan fingerprint density at radius 2 is 1.58 bits per heavy atom. The molecule has 0 aromatic carbocycles. The number of rotatable bonds is 5. The second-order valence-corrected chi connectivity index (χ2v) is 11.4. The van der Waals surface area contributed by atoms with Crippen LogP contribution in [0.2, 0.25) is 0 Å². The van der Waals surface area contributed by atoms with Gasteiger partial charge in [0.15, 0.2) is 17.3 Å². The maximum atomic E-state index is 13.3. The van der Waals surface area contributed by atoms with Crippen LogP contribution in [-0.2, 0) is 19.2 Å². The summed E-state index contributed by atoms with van der Waals surface area (Å²) >= 11 is 0. The van der Waals surface area contributed by atoms with Crippen LogP contribution in [0, 0.1) is 28.1 Å². The number of ketones is 4. The average Bonchev–Trinajstić information content (AvgIpc) is 3.00. The standard InChI is InChI=1S/C29H38O4/c1-18(21(31)12-11-20(3)30)9-8-10-19(2)26-22(32)17-24-28(6)16-14-25(33)27(4,5)23(28)13-15-29(24,26)7/h8-12,23-24H,13-17H2,1-7H3/b10-8+,12-11?,18-9+,26-19+/t23-,24-,28-,29-/m0/s1. The summed E-state index contributed by atoms with van der Waals surface area (Å²) in [5.41, 5.74) is 1.88. The summed E-state index contributed by atoms with van der Waals surface area (Å²) in [5.74, 6) is 0.781. The Balaban J connectivity index is 1.90. The van der Waals surface area contributed by atoms with Gasteiger partial charge in [0.05, 0.1) is 0 Å². The van der Waals surface area contributed by atoms with Crippen LogP contribution in [-0.4, -0.2) is 23.1 Å². The molecule has 3 aliphatic rings. The summed E-state index contributed by atoms with van der Waals surface area (Å²) in [4.78, 5) is 49.1. The van der Waals surface area contributed by atoms with Crippen molar-refractivity contribution in [3.63, 3.8) is 0 Å². The van der Waals surface area contributed by atoms with Crippen LogP contribution in [0.5, 0.6) is 0 Å². The molecule has 0 aromatic heterocycles. The molecule has 0 aliphatic heterocycles. The number of carbonyl (C=O) groups is 4. The Hall–Kier alpha value is -2.36. The highest BCUT2D eigenvalue weighted by molar-refractivity contribution is 6.07. The van der Waals surface area contributed by atoms with E-state index >= 15 is 0 Å². The van der Waals surface area contributed by atoms with Crippen LogP contribution < -0.4 is 0 Å². The highest BCUT2D eigenvalue weighted by Crippen LogP contribution is 2.68. The molecule has 0 saturated heterocycles. The van der Waals surface area contributed by atoms with E-state index in [0.717, 1.165) is 30.4 Å². The Labute approximate surface area is 198 Å². The SMILES string of the molecule is CC(=O)C=CC(=O)/C(C)=C/C=C/C(C)=C1\C(=O)C[C@H]2[C@@]3(C)CCC(=O)C(C)(C)[C@@H]3CC[C@]12C. The number of allylic oxidation sites excluding steroid dienone is 8. The average molecular weight is 451 g/mol. The predicted octanol–water partition coefficient (Wildman–Crippen LogP) is 5.92. The molecule has 3 fully saturated rings. The van der Waals surface area contributed by atoms with Gasteiger partial charge in [-0.3, -0.25) is 19.2 Å². The third-order valence-corrected chi connectivity index (χ3v) is 8.98. The van der Waals surface area contributed by atoms with Crippen LogP contribution in [0.25, 0.3) is 0 Å². The number of fused-ring (bicyclic) bond motifs is 3. The maximum Gasteiger partial charge on any atom is 0.181 e. The summed E-state index contributed by atoms with van der Waals surface area (Å²) < 4.78 is 0. The van der Waals surface area contributed by atoms with E-state index in [1.165, 1.54) is 19.1 Å². The Morgan fingerprint density at radius 3 is 2.21 bits per heavy atom. The fourth-order valence-electron chi connectivity index (χ4n) is 7.21. The first-order valence-corrected chi connectivity index (χ1v) is 12.1. The van der Waals surface area contributed by atoms with Crippen molar-refractivity contribution in [2.45, 2.75) is 80.6 Å². The van der Waals surface area contributed by atoms with Gasteiger partial charge >= 0.3 is 0 Å². The number of hydrogen-bond acceptors (Lipinski definition) is 4. The molecule has 3 rings (SSSR count). The lowest BCUT2D eigenvalue weighted by Gasteiger charge is -2.60. The quantitative estimate of drug-likeness (QED) is 0.385. The molecule has 0 amide bonds. The fraction of sp³-hybridized carbons (Fsp3) is 0.586. The second-order valence-electron chi connectivity index (χ2n) is 11.4. The van der Waals surface area contributed by atoms with Crippen molar-refractivity contribution in [3.05, 3.63) is 47.1 Å². The van der Waals surface area contributed by atoms with E-state index < -0.39 is 0 Å². The van der Waals surface area contributed by atoms with Gasteiger partial charge in [-0.05, 0) is 80.6 Å². The summed E-state index contributed by atoms with van der Waals surface area (Å²) in [7, 11) is 0. The van der Waals surface area contributed by atoms with Crippen molar-refractivity contribution in [1.29, 1.82) is 0 Å². The molecule has 0 heterocycles. The molecular formula is C29H38O4. The molecule has 33 heavy (non-hydrogen) atoms. The van der Waals surface area contributed by atoms with Crippen molar-refractivity contribution >= 4 is 23.1 Å².